The van der Waals surface area contributed by atoms with Crippen molar-refractivity contribution in [3.8, 4) is 0 Å². The van der Waals surface area contributed by atoms with Gasteiger partial charge >= 0.3 is 11.9 Å². The summed E-state index contributed by atoms with van der Waals surface area (Å²) < 4.78 is 7.18. The second-order valence-electron chi connectivity index (χ2n) is 5.56. The van der Waals surface area contributed by atoms with E-state index >= 15 is 0 Å². The summed E-state index contributed by atoms with van der Waals surface area (Å²) in [6.45, 7) is 2.11. The van der Waals surface area contributed by atoms with Crippen molar-refractivity contribution in [3.63, 3.8) is 0 Å². The zero-order chi connectivity index (χ0) is 16.8. The topological polar surface area (TPSA) is 87.1 Å². The number of thiol groups is 1. The van der Waals surface area contributed by atoms with E-state index in [4.69, 9.17) is 9.84 Å². The molecule has 0 saturated carbocycles. The average Bonchev–Trinajstić information content (AvgIpc) is 3.06. The maximum Gasteiger partial charge on any atom is 0.333 e. The van der Waals surface area contributed by atoms with Crippen LogP contribution >= 0.6 is 11.1 Å². The van der Waals surface area contributed by atoms with Gasteiger partial charge in [-0.05, 0) is 30.6 Å². The molecule has 0 radical (unpaired) electrons. The van der Waals surface area contributed by atoms with Crippen molar-refractivity contribution < 1.29 is 24.5 Å². The first-order chi connectivity index (χ1) is 11.0. The van der Waals surface area contributed by atoms with Crippen LogP contribution in [0, 0.1) is 5.92 Å². The first kappa shape index (κ1) is 17.8. The van der Waals surface area contributed by atoms with E-state index in [-0.39, 0.29) is 25.2 Å². The summed E-state index contributed by atoms with van der Waals surface area (Å²) in [5.41, 5.74) is 0.446. The van der Waals surface area contributed by atoms with E-state index in [1.807, 2.05) is 12.2 Å². The minimum Gasteiger partial charge on any atom is -0.481 e. The van der Waals surface area contributed by atoms with Gasteiger partial charge < -0.3 is 14.9 Å². The molecule has 1 saturated heterocycles. The van der Waals surface area contributed by atoms with Crippen molar-refractivity contribution in [1.82, 2.24) is 4.31 Å². The molecule has 2 unspecified atom stereocenters. The molecule has 7 heteroatoms. The van der Waals surface area contributed by atoms with Gasteiger partial charge in [0.05, 0.1) is 12.5 Å². The lowest BCUT2D eigenvalue weighted by Gasteiger charge is -2.41. The maximum atomic E-state index is 11.9. The Morgan fingerprint density at radius 1 is 1.39 bits per heavy atom. The molecule has 0 aliphatic carbocycles. The van der Waals surface area contributed by atoms with E-state index in [0.717, 1.165) is 0 Å². The predicted molar refractivity (Wildman–Crippen MR) is 89.9 cm³/mol. The van der Waals surface area contributed by atoms with Crippen LogP contribution in [0.25, 0.3) is 0 Å². The Labute approximate surface area is 138 Å². The maximum absolute atomic E-state index is 11.9. The van der Waals surface area contributed by atoms with Crippen molar-refractivity contribution in [1.29, 1.82) is 0 Å². The van der Waals surface area contributed by atoms with E-state index in [0.29, 0.717) is 25.0 Å². The molecule has 0 aromatic carbocycles. The van der Waals surface area contributed by atoms with Gasteiger partial charge in [-0.3, -0.25) is 9.10 Å². The molecule has 0 amide bonds. The number of rotatable bonds is 6. The van der Waals surface area contributed by atoms with Crippen molar-refractivity contribution in [2.45, 2.75) is 25.8 Å². The number of carboxylic acids is 1. The molecule has 23 heavy (non-hydrogen) atoms. The summed E-state index contributed by atoms with van der Waals surface area (Å²) in [7, 11) is 0. The SMILES string of the molecule is CC(=CC1CC(C(=O)O)CCN1[SH]1C=CC=C1)C(=O)OCCO. The third-order valence-corrected chi connectivity index (χ3v) is 5.98. The highest BCUT2D eigenvalue weighted by Crippen LogP contribution is 2.43. The predicted octanol–water partition coefficient (Wildman–Crippen LogP) is 1.59. The molecule has 2 N–H and O–H groups in total. The normalized spacial score (nSPS) is 26.5. The fourth-order valence-electron chi connectivity index (χ4n) is 2.76. The molecule has 2 rings (SSSR count). The largest absolute Gasteiger partial charge is 0.481 e. The Bertz CT molecular complexity index is 531. The molecule has 2 heterocycles. The second kappa shape index (κ2) is 8.33. The number of hydrogen-bond acceptors (Lipinski definition) is 5. The quantitative estimate of drug-likeness (QED) is 0.386. The third-order valence-electron chi connectivity index (χ3n) is 3.94. The summed E-state index contributed by atoms with van der Waals surface area (Å²) in [5, 5.41) is 22.2. The monoisotopic (exact) mass is 341 g/mol. The van der Waals surface area contributed by atoms with E-state index in [2.05, 4.69) is 15.1 Å². The molecule has 2 atom stereocenters. The highest BCUT2D eigenvalue weighted by molar-refractivity contribution is 8.20. The number of aliphatic hydroxyl groups is 1. The fourth-order valence-corrected chi connectivity index (χ4v) is 4.60. The van der Waals surface area contributed by atoms with E-state index in [1.165, 1.54) is 0 Å². The first-order valence-electron chi connectivity index (χ1n) is 7.62. The summed E-state index contributed by atoms with van der Waals surface area (Å²) in [6.07, 6.45) is 6.90. The van der Waals surface area contributed by atoms with Gasteiger partial charge in [0.2, 0.25) is 0 Å². The number of aliphatic carboxylic acids is 1. The van der Waals surface area contributed by atoms with Crippen LogP contribution in [0.15, 0.2) is 34.6 Å². The van der Waals surface area contributed by atoms with Gasteiger partial charge in [0, 0.05) is 18.2 Å². The lowest BCUT2D eigenvalue weighted by molar-refractivity contribution is -0.143. The minimum absolute atomic E-state index is 0.0334. The van der Waals surface area contributed by atoms with Crippen LogP contribution in [-0.4, -0.2) is 52.3 Å². The summed E-state index contributed by atoms with van der Waals surface area (Å²) in [5.74, 6) is -1.64. The number of hydrogen-bond donors (Lipinski definition) is 3. The van der Waals surface area contributed by atoms with Crippen LogP contribution < -0.4 is 0 Å². The number of ether oxygens (including phenoxy) is 1. The molecular formula is C16H23NO5S. The molecular weight excluding hydrogens is 318 g/mol. The van der Waals surface area contributed by atoms with Crippen LogP contribution in [0.5, 0.6) is 0 Å². The second-order valence-corrected chi connectivity index (χ2v) is 7.43. The van der Waals surface area contributed by atoms with Gasteiger partial charge in [0.15, 0.2) is 0 Å². The summed E-state index contributed by atoms with van der Waals surface area (Å²) in [6, 6.07) is -0.106. The Kier molecular flexibility index (Phi) is 6.44. The van der Waals surface area contributed by atoms with Gasteiger partial charge in [-0.2, -0.15) is 11.1 Å². The zero-order valence-corrected chi connectivity index (χ0v) is 14.0. The number of carbonyl (C=O) groups excluding carboxylic acids is 1. The molecule has 1 fully saturated rings. The minimum atomic E-state index is -0.783. The van der Waals surface area contributed by atoms with Crippen LogP contribution in [-0.2, 0) is 14.3 Å². The first-order valence-corrected chi connectivity index (χ1v) is 9.05. The van der Waals surface area contributed by atoms with E-state index < -0.39 is 23.0 Å². The van der Waals surface area contributed by atoms with Gasteiger partial charge in [0.25, 0.3) is 0 Å². The van der Waals surface area contributed by atoms with Crippen molar-refractivity contribution in [3.05, 3.63) is 34.6 Å². The van der Waals surface area contributed by atoms with Crippen LogP contribution in [0.2, 0.25) is 0 Å². The van der Waals surface area contributed by atoms with Gasteiger partial charge in [0.1, 0.15) is 6.61 Å². The smallest absolute Gasteiger partial charge is 0.333 e. The molecule has 128 valence electrons. The zero-order valence-electron chi connectivity index (χ0n) is 13.1. The Hall–Kier alpha value is -1.57. The highest BCUT2D eigenvalue weighted by Gasteiger charge is 2.33. The van der Waals surface area contributed by atoms with E-state index in [1.54, 1.807) is 13.0 Å². The van der Waals surface area contributed by atoms with Gasteiger partial charge in [-0.15, -0.1) is 0 Å². The van der Waals surface area contributed by atoms with E-state index in [9.17, 15) is 14.7 Å². The Balaban J connectivity index is 2.13. The highest BCUT2D eigenvalue weighted by atomic mass is 32.2. The third kappa shape index (κ3) is 4.70. The van der Waals surface area contributed by atoms with Crippen LogP contribution in [0.3, 0.4) is 0 Å². The molecule has 0 bridgehead atoms. The standard InChI is InChI=1S/C16H23NO5S/c1-12(16(21)22-7-6-18)10-14-11-13(15(19)20)4-5-17(14)23-8-2-3-9-23/h2-3,8-10,13-14,18,23H,4-7,11H2,1H3,(H,19,20). The number of carboxylic acid groups (broad SMARTS) is 1. The van der Waals surface area contributed by atoms with Crippen LogP contribution in [0.4, 0.5) is 0 Å². The average molecular weight is 341 g/mol. The molecule has 0 aromatic heterocycles. The summed E-state index contributed by atoms with van der Waals surface area (Å²) in [4.78, 5) is 23.2. The molecule has 2 aliphatic heterocycles. The number of allylic oxidation sites excluding steroid dienone is 2. The number of carbonyl (C=O) groups is 2. The molecule has 2 aliphatic rings. The van der Waals surface area contributed by atoms with Gasteiger partial charge in [-0.1, -0.05) is 18.2 Å². The van der Waals surface area contributed by atoms with Crippen molar-refractivity contribution >= 4 is 23.0 Å². The lowest BCUT2D eigenvalue weighted by Crippen LogP contribution is -2.41. The number of piperidine rings is 1. The number of nitrogens with zero attached hydrogens (tertiary/aromatic N) is 1. The summed E-state index contributed by atoms with van der Waals surface area (Å²) >= 11 is -0.559. The molecule has 0 aromatic rings. The lowest BCUT2D eigenvalue weighted by atomic mass is 9.91. The molecule has 6 nitrogen and oxygen atoms in total. The van der Waals surface area contributed by atoms with Crippen LogP contribution in [0.1, 0.15) is 19.8 Å². The molecule has 0 spiro atoms. The number of aliphatic hydroxyl groups excluding tert-OH is 1. The number of esters is 1. The van der Waals surface area contributed by atoms with Crippen molar-refractivity contribution in [2.24, 2.45) is 5.92 Å². The Morgan fingerprint density at radius 3 is 2.70 bits per heavy atom. The van der Waals surface area contributed by atoms with Gasteiger partial charge in [-0.25, -0.2) is 4.79 Å². The van der Waals surface area contributed by atoms with Crippen molar-refractivity contribution in [2.75, 3.05) is 19.8 Å². The fraction of sp³-hybridized carbons (Fsp3) is 0.500. The Morgan fingerprint density at radius 2 is 2.09 bits per heavy atom.